The van der Waals surface area contributed by atoms with Crippen LogP contribution in [-0.4, -0.2) is 60.3 Å². The van der Waals surface area contributed by atoms with E-state index in [4.69, 9.17) is 0 Å². The molecule has 198 valence electrons. The summed E-state index contributed by atoms with van der Waals surface area (Å²) in [5, 5.41) is 23.4. The molecule has 1 fully saturated rings. The van der Waals surface area contributed by atoms with Crippen molar-refractivity contribution in [2.24, 2.45) is 0 Å². The third-order valence-electron chi connectivity index (χ3n) is 7.24. The second-order valence-electron chi connectivity index (χ2n) is 9.23. The van der Waals surface area contributed by atoms with E-state index in [1.165, 1.54) is 19.2 Å². The minimum absolute atomic E-state index is 0.260. The lowest BCUT2D eigenvalue weighted by Gasteiger charge is -2.55. The lowest BCUT2D eigenvalue weighted by atomic mass is 9.83. The van der Waals surface area contributed by atoms with Crippen molar-refractivity contribution in [1.29, 1.82) is 0 Å². The van der Waals surface area contributed by atoms with E-state index in [2.05, 4.69) is 23.5 Å². The maximum atomic E-state index is 14.0. The summed E-state index contributed by atoms with van der Waals surface area (Å²) in [5.41, 5.74) is 1.79. The van der Waals surface area contributed by atoms with Gasteiger partial charge in [0, 0.05) is 44.1 Å². The molecular weight excluding hydrogens is 482 g/mol. The molecule has 2 unspecified atom stereocenters. The summed E-state index contributed by atoms with van der Waals surface area (Å²) in [6.07, 6.45) is -7.10. The van der Waals surface area contributed by atoms with Gasteiger partial charge in [0.1, 0.15) is 11.4 Å². The van der Waals surface area contributed by atoms with E-state index in [0.29, 0.717) is 35.9 Å². The van der Waals surface area contributed by atoms with Crippen LogP contribution in [0, 0.1) is 5.21 Å². The van der Waals surface area contributed by atoms with Crippen LogP contribution in [-0.2, 0) is 4.79 Å². The fraction of sp³-hybridized carbons (Fsp3) is 0.480. The van der Waals surface area contributed by atoms with Crippen LogP contribution in [0.1, 0.15) is 33.1 Å². The number of carbonyl (C=O) groups is 1. The molecule has 7 nitrogen and oxygen atoms in total. The Morgan fingerprint density at radius 1 is 1.14 bits per heavy atom. The van der Waals surface area contributed by atoms with Crippen molar-refractivity contribution >= 4 is 11.6 Å². The van der Waals surface area contributed by atoms with E-state index in [1.54, 1.807) is 29.7 Å². The number of hydrogen-bond acceptors (Lipinski definition) is 5. The second-order valence-corrected chi connectivity index (χ2v) is 9.23. The number of hydroxylamine groups is 3. The molecule has 0 spiro atoms. The molecule has 1 amide bonds. The Bertz CT molecular complexity index is 1020. The predicted octanol–water partition coefficient (Wildman–Crippen LogP) is 5.16. The SMILES string of the molecule is CCC(C)N1CCC(C(=O)NO)([N+](C)([O-])c2ccc(-c3ccc(OC(F)(F)C(F)F)cc3)cc2)CC1. The summed E-state index contributed by atoms with van der Waals surface area (Å²) < 4.78 is 53.9. The zero-order valence-corrected chi connectivity index (χ0v) is 20.4. The third kappa shape index (κ3) is 5.34. The molecule has 0 radical (unpaired) electrons. The summed E-state index contributed by atoms with van der Waals surface area (Å²) in [6.45, 7) is 5.24. The Labute approximate surface area is 207 Å². The van der Waals surface area contributed by atoms with Gasteiger partial charge >= 0.3 is 18.4 Å². The number of benzene rings is 2. The predicted molar refractivity (Wildman–Crippen MR) is 128 cm³/mol. The quantitative estimate of drug-likeness (QED) is 0.209. The summed E-state index contributed by atoms with van der Waals surface area (Å²) in [7, 11) is 1.39. The van der Waals surface area contributed by atoms with E-state index < -0.39 is 34.4 Å². The summed E-state index contributed by atoms with van der Waals surface area (Å²) >= 11 is 0. The Balaban J connectivity index is 1.82. The lowest BCUT2D eigenvalue weighted by molar-refractivity contribution is -0.253. The van der Waals surface area contributed by atoms with Crippen LogP contribution in [0.2, 0.25) is 0 Å². The fourth-order valence-electron chi connectivity index (χ4n) is 4.65. The molecule has 1 heterocycles. The molecule has 2 atom stereocenters. The highest BCUT2D eigenvalue weighted by atomic mass is 19.3. The van der Waals surface area contributed by atoms with Gasteiger partial charge in [-0.15, -0.1) is 0 Å². The molecule has 1 aliphatic heterocycles. The molecule has 1 aliphatic rings. The summed E-state index contributed by atoms with van der Waals surface area (Å²) in [5.74, 6) is -1.14. The Kier molecular flexibility index (Phi) is 8.29. The molecule has 0 aliphatic carbocycles. The van der Waals surface area contributed by atoms with Gasteiger partial charge in [-0.3, -0.25) is 10.0 Å². The number of nitrogens with one attached hydrogen (secondary N) is 1. The van der Waals surface area contributed by atoms with Crippen molar-refractivity contribution in [3.63, 3.8) is 0 Å². The van der Waals surface area contributed by atoms with Crippen molar-refractivity contribution in [1.82, 2.24) is 15.0 Å². The van der Waals surface area contributed by atoms with Gasteiger partial charge in [-0.1, -0.05) is 19.1 Å². The summed E-state index contributed by atoms with van der Waals surface area (Å²) in [6, 6.07) is 11.9. The van der Waals surface area contributed by atoms with Crippen molar-refractivity contribution in [2.75, 3.05) is 20.1 Å². The van der Waals surface area contributed by atoms with Crippen molar-refractivity contribution in [3.8, 4) is 16.9 Å². The Morgan fingerprint density at radius 2 is 1.64 bits per heavy atom. The Hall–Kier alpha value is -2.73. The van der Waals surface area contributed by atoms with Gasteiger partial charge < -0.3 is 19.5 Å². The first-order valence-corrected chi connectivity index (χ1v) is 11.7. The number of piperidine rings is 1. The monoisotopic (exact) mass is 513 g/mol. The van der Waals surface area contributed by atoms with Crippen LogP contribution in [0.25, 0.3) is 11.1 Å². The number of nitrogens with zero attached hydrogens (tertiary/aromatic N) is 2. The maximum Gasteiger partial charge on any atom is 0.461 e. The molecule has 2 aromatic rings. The van der Waals surface area contributed by atoms with Crippen molar-refractivity contribution < 1.29 is 32.3 Å². The number of alkyl halides is 4. The van der Waals surface area contributed by atoms with Crippen LogP contribution in [0.5, 0.6) is 5.75 Å². The molecule has 1 saturated heterocycles. The van der Waals surface area contributed by atoms with Gasteiger partial charge in [0.2, 0.25) is 0 Å². The van der Waals surface area contributed by atoms with Crippen LogP contribution in [0.4, 0.5) is 23.2 Å². The number of halogens is 4. The standard InChI is InChI=1S/C25H31F4N3O4/c1-4-17(2)31-15-13-24(14-16-31,23(33)30-34)32(3,35)20-9-5-18(6-10-20)19-7-11-21(12-8-19)36-25(28,29)22(26)27/h5-12,17,22,34H,4,13-16H2,1-3H3,(H,30,33). The van der Waals surface area contributed by atoms with E-state index in [0.717, 1.165) is 18.6 Å². The molecule has 36 heavy (non-hydrogen) atoms. The van der Waals surface area contributed by atoms with E-state index >= 15 is 0 Å². The highest BCUT2D eigenvalue weighted by molar-refractivity contribution is 5.88. The number of carbonyl (C=O) groups excluding carboxylic acids is 1. The van der Waals surface area contributed by atoms with Crippen molar-refractivity contribution in [3.05, 3.63) is 53.7 Å². The van der Waals surface area contributed by atoms with E-state index in [9.17, 15) is 32.8 Å². The molecule has 2 aromatic carbocycles. The van der Waals surface area contributed by atoms with Crippen LogP contribution in [0.15, 0.2) is 48.5 Å². The van der Waals surface area contributed by atoms with E-state index in [-0.39, 0.29) is 12.8 Å². The minimum atomic E-state index is -4.60. The molecule has 0 aromatic heterocycles. The van der Waals surface area contributed by atoms with E-state index in [1.807, 2.05) is 0 Å². The number of likely N-dealkylation sites (N-methyl/N-ethyl adjacent to an activating group) is 1. The first kappa shape index (κ1) is 27.9. The molecule has 3 rings (SSSR count). The topological polar surface area (TPSA) is 84.9 Å². The summed E-state index contributed by atoms with van der Waals surface area (Å²) in [4.78, 5) is 15.0. The zero-order valence-electron chi connectivity index (χ0n) is 20.4. The number of hydrogen-bond donors (Lipinski definition) is 2. The molecule has 0 bridgehead atoms. The van der Waals surface area contributed by atoms with Gasteiger partial charge in [0.05, 0.1) is 7.05 Å². The number of quaternary nitrogens is 1. The maximum absolute atomic E-state index is 14.0. The number of likely N-dealkylation sites (tertiary alicyclic amines) is 1. The average molecular weight is 514 g/mol. The first-order chi connectivity index (χ1) is 16.9. The molecule has 11 heteroatoms. The first-order valence-electron chi connectivity index (χ1n) is 11.7. The fourth-order valence-corrected chi connectivity index (χ4v) is 4.65. The van der Waals surface area contributed by atoms with Crippen LogP contribution in [0.3, 0.4) is 0 Å². The third-order valence-corrected chi connectivity index (χ3v) is 7.24. The van der Waals surface area contributed by atoms with Gasteiger partial charge in [-0.25, -0.2) is 5.48 Å². The lowest BCUT2D eigenvalue weighted by Crippen LogP contribution is -2.70. The van der Waals surface area contributed by atoms with Crippen LogP contribution >= 0.6 is 0 Å². The minimum Gasteiger partial charge on any atom is -0.627 e. The van der Waals surface area contributed by atoms with Crippen LogP contribution < -0.4 is 14.9 Å². The smallest absolute Gasteiger partial charge is 0.461 e. The van der Waals surface area contributed by atoms with Crippen molar-refractivity contribution in [2.45, 2.75) is 57.2 Å². The number of rotatable bonds is 9. The largest absolute Gasteiger partial charge is 0.627 e. The van der Waals surface area contributed by atoms with Gasteiger partial charge in [0.25, 0.3) is 0 Å². The highest BCUT2D eigenvalue weighted by Crippen LogP contribution is 2.40. The molecule has 2 N–H and O–H groups in total. The normalized spacial score (nSPS) is 18.9. The molecule has 0 saturated carbocycles. The molecular formula is C25H31F4N3O4. The zero-order chi connectivity index (χ0) is 26.7. The number of ether oxygens (including phenoxy) is 1. The van der Waals surface area contributed by atoms with Gasteiger partial charge in [-0.05, 0) is 48.7 Å². The highest BCUT2D eigenvalue weighted by Gasteiger charge is 2.53. The van der Waals surface area contributed by atoms with Gasteiger partial charge in [-0.2, -0.15) is 17.6 Å². The Morgan fingerprint density at radius 3 is 2.08 bits per heavy atom. The number of amides is 1. The average Bonchev–Trinajstić information content (AvgIpc) is 2.87. The van der Waals surface area contributed by atoms with Gasteiger partial charge in [0.15, 0.2) is 5.54 Å². The second kappa shape index (κ2) is 10.7.